The van der Waals surface area contributed by atoms with Gasteiger partial charge in [-0.15, -0.1) is 0 Å². The molecule has 0 bridgehead atoms. The third-order valence-electron chi connectivity index (χ3n) is 4.09. The minimum absolute atomic E-state index is 0.317. The van der Waals surface area contributed by atoms with E-state index in [0.717, 1.165) is 6.42 Å². The number of hydrogen-bond donors (Lipinski definition) is 1. The number of hydrogen-bond acceptors (Lipinski definition) is 3. The van der Waals surface area contributed by atoms with Crippen LogP contribution in [0.15, 0.2) is 58.4 Å². The van der Waals surface area contributed by atoms with E-state index in [-0.39, 0.29) is 0 Å². The monoisotopic (exact) mass is 298 g/mol. The predicted molar refractivity (Wildman–Crippen MR) is 81.1 cm³/mol. The SMILES string of the molecule is O=S1(=O)NC(=NCC2Cc3ccccc32)c2ccccc21. The maximum absolute atomic E-state index is 12.0. The smallest absolute Gasteiger partial charge is 0.263 e. The van der Waals surface area contributed by atoms with Crippen molar-refractivity contribution in [1.29, 1.82) is 0 Å². The molecule has 0 amide bonds. The maximum atomic E-state index is 12.0. The Bertz CT molecular complexity index is 856. The summed E-state index contributed by atoms with van der Waals surface area (Å²) in [5.41, 5.74) is 3.37. The zero-order chi connectivity index (χ0) is 14.4. The van der Waals surface area contributed by atoms with Gasteiger partial charge in [0.1, 0.15) is 5.84 Å². The molecule has 0 spiro atoms. The van der Waals surface area contributed by atoms with Crippen LogP contribution in [0.2, 0.25) is 0 Å². The molecule has 1 aliphatic heterocycles. The lowest BCUT2D eigenvalue weighted by Crippen LogP contribution is -2.25. The molecule has 0 fully saturated rings. The Balaban J connectivity index is 1.62. The first-order valence-corrected chi connectivity index (χ1v) is 8.38. The fourth-order valence-corrected chi connectivity index (χ4v) is 4.23. The summed E-state index contributed by atoms with van der Waals surface area (Å²) in [6, 6.07) is 15.3. The zero-order valence-electron chi connectivity index (χ0n) is 11.3. The highest BCUT2D eigenvalue weighted by Crippen LogP contribution is 2.35. The van der Waals surface area contributed by atoms with Crippen LogP contribution < -0.4 is 4.72 Å². The van der Waals surface area contributed by atoms with Crippen LogP contribution in [-0.4, -0.2) is 20.8 Å². The van der Waals surface area contributed by atoms with Crippen molar-refractivity contribution in [3.63, 3.8) is 0 Å². The highest BCUT2D eigenvalue weighted by atomic mass is 32.2. The first-order valence-electron chi connectivity index (χ1n) is 6.89. The van der Waals surface area contributed by atoms with Crippen LogP contribution in [0.4, 0.5) is 0 Å². The standard InChI is InChI=1S/C16H14N2O2S/c19-21(20)15-8-4-3-7-14(15)16(18-21)17-10-12-9-11-5-1-2-6-13(11)12/h1-8,12H,9-10H2,(H,17,18). The highest BCUT2D eigenvalue weighted by molar-refractivity contribution is 7.90. The van der Waals surface area contributed by atoms with E-state index in [1.165, 1.54) is 11.1 Å². The van der Waals surface area contributed by atoms with Gasteiger partial charge in [0.15, 0.2) is 0 Å². The average Bonchev–Trinajstić information content (AvgIpc) is 2.72. The number of sulfonamides is 1. The first kappa shape index (κ1) is 12.6. The molecule has 0 saturated heterocycles. The van der Waals surface area contributed by atoms with Gasteiger partial charge in [0.25, 0.3) is 10.0 Å². The molecule has 106 valence electrons. The van der Waals surface area contributed by atoms with Crippen molar-refractivity contribution in [1.82, 2.24) is 4.72 Å². The van der Waals surface area contributed by atoms with Crippen molar-refractivity contribution in [3.05, 3.63) is 65.2 Å². The zero-order valence-corrected chi connectivity index (χ0v) is 12.1. The van der Waals surface area contributed by atoms with E-state index < -0.39 is 10.0 Å². The molecule has 2 aromatic rings. The Labute approximate surface area is 123 Å². The van der Waals surface area contributed by atoms with Crippen molar-refractivity contribution in [2.75, 3.05) is 6.54 Å². The Morgan fingerprint density at radius 2 is 1.86 bits per heavy atom. The van der Waals surface area contributed by atoms with Crippen LogP contribution in [0.5, 0.6) is 0 Å². The first-order chi connectivity index (χ1) is 10.1. The van der Waals surface area contributed by atoms with Gasteiger partial charge in [-0.25, -0.2) is 8.42 Å². The number of amidine groups is 1. The van der Waals surface area contributed by atoms with Gasteiger partial charge in [0.05, 0.1) is 4.90 Å². The Hall–Kier alpha value is -2.14. The summed E-state index contributed by atoms with van der Waals surface area (Å²) in [6.45, 7) is 0.614. The lowest BCUT2D eigenvalue weighted by atomic mass is 9.78. The third-order valence-corrected chi connectivity index (χ3v) is 5.49. The van der Waals surface area contributed by atoms with Crippen LogP contribution >= 0.6 is 0 Å². The average molecular weight is 298 g/mol. The molecule has 1 heterocycles. The maximum Gasteiger partial charge on any atom is 0.263 e. The second kappa shape index (κ2) is 4.43. The van der Waals surface area contributed by atoms with Crippen LogP contribution in [0.3, 0.4) is 0 Å². The van der Waals surface area contributed by atoms with E-state index in [0.29, 0.717) is 28.8 Å². The Morgan fingerprint density at radius 1 is 1.10 bits per heavy atom. The van der Waals surface area contributed by atoms with E-state index >= 15 is 0 Å². The van der Waals surface area contributed by atoms with Crippen molar-refractivity contribution in [2.24, 2.45) is 4.99 Å². The van der Waals surface area contributed by atoms with Crippen molar-refractivity contribution in [2.45, 2.75) is 17.2 Å². The number of fused-ring (bicyclic) bond motifs is 2. The van der Waals surface area contributed by atoms with Crippen LogP contribution in [-0.2, 0) is 16.4 Å². The predicted octanol–water partition coefficient (Wildman–Crippen LogP) is 2.06. The molecular weight excluding hydrogens is 284 g/mol. The summed E-state index contributed by atoms with van der Waals surface area (Å²) < 4.78 is 26.5. The van der Waals surface area contributed by atoms with E-state index in [2.05, 4.69) is 21.8 Å². The van der Waals surface area contributed by atoms with E-state index in [9.17, 15) is 8.42 Å². The number of rotatable bonds is 2. The van der Waals surface area contributed by atoms with Crippen molar-refractivity contribution < 1.29 is 8.42 Å². The molecule has 0 saturated carbocycles. The molecule has 0 radical (unpaired) electrons. The minimum atomic E-state index is -3.43. The molecule has 0 aromatic heterocycles. The van der Waals surface area contributed by atoms with E-state index in [4.69, 9.17) is 0 Å². The van der Waals surface area contributed by atoms with Gasteiger partial charge in [0, 0.05) is 18.0 Å². The summed E-state index contributed by atoms with van der Waals surface area (Å²) in [4.78, 5) is 4.82. The van der Waals surface area contributed by atoms with E-state index in [1.807, 2.05) is 18.2 Å². The van der Waals surface area contributed by atoms with Crippen molar-refractivity contribution >= 4 is 15.9 Å². The van der Waals surface area contributed by atoms with Crippen LogP contribution in [0.1, 0.15) is 22.6 Å². The summed E-state index contributed by atoms with van der Waals surface area (Å²) in [5, 5.41) is 0. The molecule has 21 heavy (non-hydrogen) atoms. The number of benzene rings is 2. The molecule has 1 unspecified atom stereocenters. The van der Waals surface area contributed by atoms with Crippen LogP contribution in [0.25, 0.3) is 0 Å². The van der Waals surface area contributed by atoms with Gasteiger partial charge in [0.2, 0.25) is 0 Å². The molecule has 2 aliphatic rings. The minimum Gasteiger partial charge on any atom is -0.267 e. The second-order valence-corrected chi connectivity index (χ2v) is 7.04. The van der Waals surface area contributed by atoms with Gasteiger partial charge < -0.3 is 0 Å². The summed E-state index contributed by atoms with van der Waals surface area (Å²) >= 11 is 0. The van der Waals surface area contributed by atoms with Gasteiger partial charge in [-0.2, -0.15) is 0 Å². The third kappa shape index (κ3) is 1.96. The van der Waals surface area contributed by atoms with Crippen LogP contribution in [0, 0.1) is 0 Å². The topological polar surface area (TPSA) is 58.5 Å². The fourth-order valence-electron chi connectivity index (χ4n) is 2.98. The molecule has 2 aromatic carbocycles. The lowest BCUT2D eigenvalue weighted by molar-refractivity contribution is 0.594. The largest absolute Gasteiger partial charge is 0.267 e. The number of nitrogens with zero attached hydrogens (tertiary/aromatic N) is 1. The summed E-state index contributed by atoms with van der Waals surface area (Å²) in [5.74, 6) is 0.862. The second-order valence-electron chi connectivity index (χ2n) is 5.39. The van der Waals surface area contributed by atoms with Gasteiger partial charge in [-0.3, -0.25) is 9.71 Å². The quantitative estimate of drug-likeness (QED) is 0.922. The Morgan fingerprint density at radius 3 is 2.71 bits per heavy atom. The Kier molecular flexibility index (Phi) is 2.65. The van der Waals surface area contributed by atoms with Gasteiger partial charge in [-0.05, 0) is 29.7 Å². The normalized spacial score (nSPS) is 23.0. The summed E-state index contributed by atoms with van der Waals surface area (Å²) in [6.07, 6.45) is 1.02. The molecule has 5 heteroatoms. The molecule has 1 N–H and O–H groups in total. The molecular formula is C16H14N2O2S. The number of aliphatic imine (C=N–C) groups is 1. The molecule has 4 rings (SSSR count). The number of nitrogens with one attached hydrogen (secondary N) is 1. The lowest BCUT2D eigenvalue weighted by Gasteiger charge is -2.28. The fraction of sp³-hybridized carbons (Fsp3) is 0.188. The summed E-state index contributed by atoms with van der Waals surface area (Å²) in [7, 11) is -3.43. The van der Waals surface area contributed by atoms with E-state index in [1.54, 1.807) is 18.2 Å². The molecule has 4 nitrogen and oxygen atoms in total. The van der Waals surface area contributed by atoms with Crippen molar-refractivity contribution in [3.8, 4) is 0 Å². The van der Waals surface area contributed by atoms with Gasteiger partial charge >= 0.3 is 0 Å². The molecule has 1 atom stereocenters. The molecule has 1 aliphatic carbocycles. The van der Waals surface area contributed by atoms with Gasteiger partial charge in [-0.1, -0.05) is 36.4 Å². The highest BCUT2D eigenvalue weighted by Gasteiger charge is 2.31.